The number of benzene rings is 1. The zero-order valence-corrected chi connectivity index (χ0v) is 11.1. The highest BCUT2D eigenvalue weighted by Crippen LogP contribution is 2.38. The summed E-state index contributed by atoms with van der Waals surface area (Å²) in [5.74, 6) is 0. The van der Waals surface area contributed by atoms with Crippen LogP contribution < -0.4 is 10.6 Å². The predicted molar refractivity (Wildman–Crippen MR) is 69.0 cm³/mol. The van der Waals surface area contributed by atoms with Gasteiger partial charge in [0.15, 0.2) is 0 Å². The highest BCUT2D eigenvalue weighted by atomic mass is 79.9. The van der Waals surface area contributed by atoms with E-state index in [1.165, 1.54) is 0 Å². The van der Waals surface area contributed by atoms with Gasteiger partial charge in [-0.2, -0.15) is 0 Å². The summed E-state index contributed by atoms with van der Waals surface area (Å²) >= 11 is 15.6. The minimum atomic E-state index is 0.239. The van der Waals surface area contributed by atoms with Gasteiger partial charge >= 0.3 is 0 Å². The molecule has 1 fully saturated rings. The zero-order chi connectivity index (χ0) is 11.0. The van der Waals surface area contributed by atoms with Crippen LogP contribution in [0.1, 0.15) is 6.42 Å². The van der Waals surface area contributed by atoms with Crippen LogP contribution in [-0.4, -0.2) is 19.1 Å². The fraction of sp³-hybridized carbons (Fsp3) is 0.400. The number of halogens is 3. The van der Waals surface area contributed by atoms with Crippen LogP contribution in [0.5, 0.6) is 0 Å². The first kappa shape index (κ1) is 11.5. The third-order valence-electron chi connectivity index (χ3n) is 2.58. The van der Waals surface area contributed by atoms with Gasteiger partial charge in [-0.3, -0.25) is 0 Å². The SMILES string of the molecule is NC1CCN(c2ccc(Br)c(Cl)c2Cl)C1. The third kappa shape index (κ3) is 2.26. The smallest absolute Gasteiger partial charge is 0.0837 e. The topological polar surface area (TPSA) is 29.3 Å². The lowest BCUT2D eigenvalue weighted by molar-refractivity contribution is 0.752. The van der Waals surface area contributed by atoms with Crippen molar-refractivity contribution in [2.75, 3.05) is 18.0 Å². The second-order valence-electron chi connectivity index (χ2n) is 3.69. The molecular formula is C10H11BrCl2N2. The number of hydrogen-bond acceptors (Lipinski definition) is 2. The minimum absolute atomic E-state index is 0.239. The van der Waals surface area contributed by atoms with Gasteiger partial charge in [0.25, 0.3) is 0 Å². The summed E-state index contributed by atoms with van der Waals surface area (Å²) in [6, 6.07) is 4.12. The van der Waals surface area contributed by atoms with Crippen LogP contribution in [0, 0.1) is 0 Å². The molecule has 5 heteroatoms. The van der Waals surface area contributed by atoms with E-state index in [2.05, 4.69) is 20.8 Å². The Kier molecular flexibility index (Phi) is 3.45. The standard InChI is InChI=1S/C10H11BrCl2N2/c11-7-1-2-8(10(13)9(7)12)15-4-3-6(14)5-15/h1-2,6H,3-5,14H2. The molecule has 1 heterocycles. The van der Waals surface area contributed by atoms with Crippen LogP contribution in [0.4, 0.5) is 5.69 Å². The molecule has 1 saturated heterocycles. The molecule has 1 aliphatic heterocycles. The molecule has 2 N–H and O–H groups in total. The number of anilines is 1. The molecule has 1 aromatic rings. The molecule has 1 atom stereocenters. The predicted octanol–water partition coefficient (Wildman–Crippen LogP) is 3.29. The molecule has 0 amide bonds. The average molecular weight is 310 g/mol. The van der Waals surface area contributed by atoms with Crippen LogP contribution in [-0.2, 0) is 0 Å². The van der Waals surface area contributed by atoms with Crippen LogP contribution in [0.3, 0.4) is 0 Å². The van der Waals surface area contributed by atoms with Crippen LogP contribution in [0.2, 0.25) is 10.0 Å². The van der Waals surface area contributed by atoms with Crippen molar-refractivity contribution in [2.24, 2.45) is 5.73 Å². The van der Waals surface area contributed by atoms with Crippen molar-refractivity contribution in [3.05, 3.63) is 26.7 Å². The fourth-order valence-corrected chi connectivity index (χ4v) is 2.65. The molecule has 0 spiro atoms. The molecule has 2 rings (SSSR count). The van der Waals surface area contributed by atoms with Crippen LogP contribution in [0.15, 0.2) is 16.6 Å². The second kappa shape index (κ2) is 4.50. The monoisotopic (exact) mass is 308 g/mol. The van der Waals surface area contributed by atoms with Crippen molar-refractivity contribution < 1.29 is 0 Å². The average Bonchev–Trinajstić information content (AvgIpc) is 2.61. The van der Waals surface area contributed by atoms with E-state index in [0.717, 1.165) is 29.7 Å². The molecule has 15 heavy (non-hydrogen) atoms. The van der Waals surface area contributed by atoms with E-state index < -0.39 is 0 Å². The number of rotatable bonds is 1. The Balaban J connectivity index is 2.33. The molecule has 0 aromatic heterocycles. The highest BCUT2D eigenvalue weighted by molar-refractivity contribution is 9.10. The second-order valence-corrected chi connectivity index (χ2v) is 5.30. The van der Waals surface area contributed by atoms with Crippen molar-refractivity contribution >= 4 is 44.8 Å². The minimum Gasteiger partial charge on any atom is -0.369 e. The molecular weight excluding hydrogens is 299 g/mol. The van der Waals surface area contributed by atoms with Gasteiger partial charge in [0.1, 0.15) is 0 Å². The lowest BCUT2D eigenvalue weighted by atomic mass is 10.3. The first-order valence-corrected chi connectivity index (χ1v) is 6.28. The molecule has 2 nitrogen and oxygen atoms in total. The first-order chi connectivity index (χ1) is 7.09. The van der Waals surface area contributed by atoms with Gasteiger partial charge in [0.2, 0.25) is 0 Å². The summed E-state index contributed by atoms with van der Waals surface area (Å²) < 4.78 is 0.821. The van der Waals surface area contributed by atoms with Crippen molar-refractivity contribution in [1.82, 2.24) is 0 Å². The maximum Gasteiger partial charge on any atom is 0.0837 e. The Morgan fingerprint density at radius 1 is 1.33 bits per heavy atom. The Morgan fingerprint density at radius 3 is 2.67 bits per heavy atom. The zero-order valence-electron chi connectivity index (χ0n) is 8.01. The largest absolute Gasteiger partial charge is 0.369 e. The van der Waals surface area contributed by atoms with Gasteiger partial charge in [-0.05, 0) is 34.5 Å². The molecule has 82 valence electrons. The fourth-order valence-electron chi connectivity index (χ4n) is 1.77. The molecule has 0 bridgehead atoms. The Morgan fingerprint density at radius 2 is 2.07 bits per heavy atom. The molecule has 1 aromatic carbocycles. The number of nitrogens with two attached hydrogens (primary N) is 1. The maximum atomic E-state index is 6.18. The normalized spacial score (nSPS) is 21.1. The highest BCUT2D eigenvalue weighted by Gasteiger charge is 2.22. The summed E-state index contributed by atoms with van der Waals surface area (Å²) in [5, 5.41) is 1.16. The summed E-state index contributed by atoms with van der Waals surface area (Å²) in [6.45, 7) is 1.79. The Hall–Kier alpha value is 0.0400. The summed E-state index contributed by atoms with van der Waals surface area (Å²) in [7, 11) is 0. The summed E-state index contributed by atoms with van der Waals surface area (Å²) in [5.41, 5.74) is 6.82. The van der Waals surface area contributed by atoms with Gasteiger partial charge in [-0.25, -0.2) is 0 Å². The lowest BCUT2D eigenvalue weighted by Gasteiger charge is -2.20. The van der Waals surface area contributed by atoms with Crippen LogP contribution >= 0.6 is 39.1 Å². The Bertz CT molecular complexity index is 384. The molecule has 1 aliphatic rings. The third-order valence-corrected chi connectivity index (χ3v) is 4.34. The van der Waals surface area contributed by atoms with E-state index in [9.17, 15) is 0 Å². The van der Waals surface area contributed by atoms with Gasteiger partial charge in [0, 0.05) is 23.6 Å². The maximum absolute atomic E-state index is 6.18. The van der Waals surface area contributed by atoms with E-state index in [1.54, 1.807) is 0 Å². The van der Waals surface area contributed by atoms with E-state index >= 15 is 0 Å². The lowest BCUT2D eigenvalue weighted by Crippen LogP contribution is -2.26. The number of hydrogen-bond donors (Lipinski definition) is 1. The molecule has 0 saturated carbocycles. The van der Waals surface area contributed by atoms with Crippen molar-refractivity contribution in [3.63, 3.8) is 0 Å². The van der Waals surface area contributed by atoms with Gasteiger partial charge in [0.05, 0.1) is 15.7 Å². The molecule has 0 aliphatic carbocycles. The van der Waals surface area contributed by atoms with Gasteiger partial charge < -0.3 is 10.6 Å². The van der Waals surface area contributed by atoms with E-state index in [4.69, 9.17) is 28.9 Å². The molecule has 1 unspecified atom stereocenters. The van der Waals surface area contributed by atoms with Crippen molar-refractivity contribution in [2.45, 2.75) is 12.5 Å². The van der Waals surface area contributed by atoms with E-state index in [-0.39, 0.29) is 6.04 Å². The van der Waals surface area contributed by atoms with Gasteiger partial charge in [-0.15, -0.1) is 0 Å². The summed E-state index contributed by atoms with van der Waals surface area (Å²) in [6.07, 6.45) is 1.00. The van der Waals surface area contributed by atoms with E-state index in [1.807, 2.05) is 12.1 Å². The summed E-state index contributed by atoms with van der Waals surface area (Å²) in [4.78, 5) is 2.17. The first-order valence-electron chi connectivity index (χ1n) is 4.73. The van der Waals surface area contributed by atoms with Crippen molar-refractivity contribution in [1.29, 1.82) is 0 Å². The quantitative estimate of drug-likeness (QED) is 0.807. The molecule has 0 radical (unpaired) electrons. The Labute approximate surface area is 107 Å². The van der Waals surface area contributed by atoms with E-state index in [0.29, 0.717) is 10.0 Å². The van der Waals surface area contributed by atoms with Crippen LogP contribution in [0.25, 0.3) is 0 Å². The van der Waals surface area contributed by atoms with Crippen molar-refractivity contribution in [3.8, 4) is 0 Å². The van der Waals surface area contributed by atoms with Gasteiger partial charge in [-0.1, -0.05) is 23.2 Å². The number of nitrogens with zero attached hydrogens (tertiary/aromatic N) is 1.